The van der Waals surface area contributed by atoms with Gasteiger partial charge in [0.15, 0.2) is 0 Å². The van der Waals surface area contributed by atoms with Crippen molar-refractivity contribution in [1.29, 1.82) is 0 Å². The maximum Gasteiger partial charge on any atom is 0.243 e. The second-order valence-corrected chi connectivity index (χ2v) is 8.00. The van der Waals surface area contributed by atoms with E-state index in [1.165, 1.54) is 11.2 Å². The highest BCUT2D eigenvalue weighted by Crippen LogP contribution is 2.33. The monoisotopic (exact) mass is 383 g/mol. The number of fused-ring (bicyclic) bond motifs is 1. The summed E-state index contributed by atoms with van der Waals surface area (Å²) in [6, 6.07) is 10.4. The Bertz CT molecular complexity index is 886. The van der Waals surface area contributed by atoms with Crippen molar-refractivity contribution in [3.8, 4) is 0 Å². The summed E-state index contributed by atoms with van der Waals surface area (Å²) in [7, 11) is -3.59. The van der Waals surface area contributed by atoms with E-state index in [1.54, 1.807) is 24.3 Å². The van der Waals surface area contributed by atoms with Gasteiger partial charge in [-0.2, -0.15) is 4.31 Å². The molecule has 1 fully saturated rings. The van der Waals surface area contributed by atoms with Gasteiger partial charge in [-0.15, -0.1) is 12.4 Å². The molecule has 1 aliphatic heterocycles. The number of carbonyl (C=O) groups excluding carboxylic acids is 1. The molecule has 1 aliphatic rings. The predicted octanol–water partition coefficient (Wildman–Crippen LogP) is 2.19. The summed E-state index contributed by atoms with van der Waals surface area (Å²) in [6.45, 7) is 2.87. The molecular weight excluding hydrogens is 362 g/mol. The Morgan fingerprint density at radius 3 is 2.52 bits per heavy atom. The second-order valence-electron chi connectivity index (χ2n) is 6.09. The van der Waals surface area contributed by atoms with E-state index in [9.17, 15) is 13.2 Å². The number of sulfonamides is 1. The smallest absolute Gasteiger partial charge is 0.243 e. The SMILES string of the molecule is CC(=O)Nc1ccc(S(=O)(=O)N2CCC(CN)C2)c2ccccc12.Cl. The Kier molecular flexibility index (Phi) is 6.05. The summed E-state index contributed by atoms with van der Waals surface area (Å²) >= 11 is 0. The summed E-state index contributed by atoms with van der Waals surface area (Å²) in [5.74, 6) is 0.0192. The summed E-state index contributed by atoms with van der Waals surface area (Å²) in [5, 5.41) is 4.07. The quantitative estimate of drug-likeness (QED) is 0.846. The molecule has 0 aliphatic carbocycles. The highest BCUT2D eigenvalue weighted by atomic mass is 35.5. The molecule has 2 aromatic rings. The number of anilines is 1. The lowest BCUT2D eigenvalue weighted by Gasteiger charge is -2.19. The van der Waals surface area contributed by atoms with Crippen molar-refractivity contribution in [2.75, 3.05) is 25.0 Å². The number of nitrogens with two attached hydrogens (primary N) is 1. The third-order valence-electron chi connectivity index (χ3n) is 4.39. The topological polar surface area (TPSA) is 92.5 Å². The second kappa shape index (κ2) is 7.70. The van der Waals surface area contributed by atoms with E-state index >= 15 is 0 Å². The number of nitrogens with one attached hydrogen (secondary N) is 1. The van der Waals surface area contributed by atoms with Crippen LogP contribution in [0.5, 0.6) is 0 Å². The number of amides is 1. The molecule has 0 bridgehead atoms. The van der Waals surface area contributed by atoms with E-state index in [0.717, 1.165) is 6.42 Å². The lowest BCUT2D eigenvalue weighted by Crippen LogP contribution is -2.30. The van der Waals surface area contributed by atoms with Crippen LogP contribution < -0.4 is 11.1 Å². The van der Waals surface area contributed by atoms with Gasteiger partial charge >= 0.3 is 0 Å². The van der Waals surface area contributed by atoms with Crippen LogP contribution in [0.15, 0.2) is 41.3 Å². The van der Waals surface area contributed by atoms with Gasteiger partial charge < -0.3 is 11.1 Å². The summed E-state index contributed by atoms with van der Waals surface area (Å²) in [5.41, 5.74) is 6.28. The average molecular weight is 384 g/mol. The number of hydrogen-bond acceptors (Lipinski definition) is 4. The van der Waals surface area contributed by atoms with Gasteiger partial charge in [-0.1, -0.05) is 24.3 Å². The molecule has 0 radical (unpaired) electrons. The number of rotatable bonds is 4. The maximum atomic E-state index is 13.0. The third kappa shape index (κ3) is 3.79. The van der Waals surface area contributed by atoms with E-state index in [2.05, 4.69) is 5.32 Å². The Morgan fingerprint density at radius 1 is 1.24 bits per heavy atom. The third-order valence-corrected chi connectivity index (χ3v) is 6.32. The zero-order chi connectivity index (χ0) is 17.3. The van der Waals surface area contributed by atoms with Gasteiger partial charge in [0.1, 0.15) is 0 Å². The van der Waals surface area contributed by atoms with Crippen LogP contribution in [0.2, 0.25) is 0 Å². The van der Waals surface area contributed by atoms with Gasteiger partial charge in [0.25, 0.3) is 0 Å². The largest absolute Gasteiger partial charge is 0.330 e. The van der Waals surface area contributed by atoms with Crippen molar-refractivity contribution in [2.24, 2.45) is 11.7 Å². The molecule has 2 aromatic carbocycles. The summed E-state index contributed by atoms with van der Waals surface area (Å²) in [6.07, 6.45) is 0.789. The number of benzene rings is 2. The van der Waals surface area contributed by atoms with Crippen molar-refractivity contribution in [3.63, 3.8) is 0 Å². The molecular formula is C17H22ClN3O3S. The fourth-order valence-electron chi connectivity index (χ4n) is 3.14. The van der Waals surface area contributed by atoms with Crippen LogP contribution in [0.3, 0.4) is 0 Å². The van der Waals surface area contributed by atoms with E-state index < -0.39 is 10.0 Å². The fourth-order valence-corrected chi connectivity index (χ4v) is 4.87. The molecule has 1 saturated heterocycles. The first-order chi connectivity index (χ1) is 11.4. The molecule has 1 heterocycles. The first-order valence-electron chi connectivity index (χ1n) is 7.93. The van der Waals surface area contributed by atoms with Crippen LogP contribution in [0.4, 0.5) is 5.69 Å². The van der Waals surface area contributed by atoms with E-state index in [0.29, 0.717) is 36.1 Å². The highest BCUT2D eigenvalue weighted by molar-refractivity contribution is 7.89. The lowest BCUT2D eigenvalue weighted by atomic mass is 10.1. The predicted molar refractivity (Wildman–Crippen MR) is 101 cm³/mol. The molecule has 6 nitrogen and oxygen atoms in total. The van der Waals surface area contributed by atoms with Crippen LogP contribution >= 0.6 is 12.4 Å². The lowest BCUT2D eigenvalue weighted by molar-refractivity contribution is -0.114. The minimum Gasteiger partial charge on any atom is -0.330 e. The van der Waals surface area contributed by atoms with Crippen LogP contribution in [0.25, 0.3) is 10.8 Å². The minimum absolute atomic E-state index is 0. The van der Waals surface area contributed by atoms with Crippen LogP contribution in [0, 0.1) is 5.92 Å². The van der Waals surface area contributed by atoms with Gasteiger partial charge in [0.05, 0.1) is 4.90 Å². The molecule has 8 heteroatoms. The summed E-state index contributed by atoms with van der Waals surface area (Å²) in [4.78, 5) is 11.6. The molecule has 136 valence electrons. The Balaban J connectivity index is 0.00000225. The van der Waals surface area contributed by atoms with Crippen molar-refractivity contribution in [3.05, 3.63) is 36.4 Å². The van der Waals surface area contributed by atoms with Gasteiger partial charge in [-0.25, -0.2) is 8.42 Å². The van der Waals surface area contributed by atoms with Crippen LogP contribution in [-0.4, -0.2) is 38.3 Å². The Morgan fingerprint density at radius 2 is 1.92 bits per heavy atom. The molecule has 25 heavy (non-hydrogen) atoms. The average Bonchev–Trinajstić information content (AvgIpc) is 3.04. The number of hydrogen-bond donors (Lipinski definition) is 2. The molecule has 0 spiro atoms. The molecule has 3 rings (SSSR count). The van der Waals surface area contributed by atoms with Crippen molar-refractivity contribution < 1.29 is 13.2 Å². The number of nitrogens with zero attached hydrogens (tertiary/aromatic N) is 1. The van der Waals surface area contributed by atoms with Crippen molar-refractivity contribution >= 4 is 44.8 Å². The molecule has 0 aromatic heterocycles. The van der Waals surface area contributed by atoms with Crippen LogP contribution in [0.1, 0.15) is 13.3 Å². The zero-order valence-electron chi connectivity index (χ0n) is 13.9. The van der Waals surface area contributed by atoms with Gasteiger partial charge in [0.2, 0.25) is 15.9 Å². The summed E-state index contributed by atoms with van der Waals surface area (Å²) < 4.78 is 27.6. The molecule has 0 saturated carbocycles. The Hall–Kier alpha value is -1.67. The highest BCUT2D eigenvalue weighted by Gasteiger charge is 2.33. The first-order valence-corrected chi connectivity index (χ1v) is 9.37. The van der Waals surface area contributed by atoms with E-state index in [1.807, 2.05) is 12.1 Å². The van der Waals surface area contributed by atoms with Gasteiger partial charge in [0, 0.05) is 36.5 Å². The van der Waals surface area contributed by atoms with E-state index in [-0.39, 0.29) is 29.1 Å². The number of carbonyl (C=O) groups is 1. The standard InChI is InChI=1S/C17H21N3O3S.ClH/c1-12(21)19-16-6-7-17(15-5-3-2-4-14(15)16)24(22,23)20-9-8-13(10-18)11-20;/h2-7,13H,8-11,18H2,1H3,(H,19,21);1H. The molecule has 3 N–H and O–H groups in total. The van der Waals surface area contributed by atoms with Crippen molar-refractivity contribution in [2.45, 2.75) is 18.2 Å². The minimum atomic E-state index is -3.59. The van der Waals surface area contributed by atoms with Crippen LogP contribution in [-0.2, 0) is 14.8 Å². The molecule has 1 unspecified atom stereocenters. The first kappa shape index (κ1) is 19.7. The van der Waals surface area contributed by atoms with Gasteiger partial charge in [-0.05, 0) is 31.0 Å². The van der Waals surface area contributed by atoms with Crippen molar-refractivity contribution in [1.82, 2.24) is 4.31 Å². The normalized spacial score (nSPS) is 18.1. The molecule has 1 amide bonds. The van der Waals surface area contributed by atoms with E-state index in [4.69, 9.17) is 5.73 Å². The van der Waals surface area contributed by atoms with Gasteiger partial charge in [-0.3, -0.25) is 4.79 Å². The Labute approximate surface area is 153 Å². The maximum absolute atomic E-state index is 13.0. The zero-order valence-corrected chi connectivity index (χ0v) is 15.6. The molecule has 1 atom stereocenters. The number of halogens is 1. The fraction of sp³-hybridized carbons (Fsp3) is 0.353.